The lowest BCUT2D eigenvalue weighted by Crippen LogP contribution is -2.29. The van der Waals surface area contributed by atoms with Gasteiger partial charge < -0.3 is 14.2 Å². The monoisotopic (exact) mass is 251 g/mol. The van der Waals surface area contributed by atoms with Crippen LogP contribution in [0.1, 0.15) is 11.6 Å². The summed E-state index contributed by atoms with van der Waals surface area (Å²) >= 11 is 0. The lowest BCUT2D eigenvalue weighted by Gasteiger charge is -2.31. The number of hydrogen-bond donors (Lipinski definition) is 0. The van der Waals surface area contributed by atoms with Crippen LogP contribution in [-0.2, 0) is 4.84 Å². The zero-order chi connectivity index (χ0) is 12.7. The molecule has 0 saturated carbocycles. The number of rotatable bonds is 2. The summed E-state index contributed by atoms with van der Waals surface area (Å²) in [6.45, 7) is 1.36. The van der Waals surface area contributed by atoms with Crippen LogP contribution in [0.15, 0.2) is 12.1 Å². The summed E-state index contributed by atoms with van der Waals surface area (Å²) in [6.07, 6.45) is 0. The maximum atomic E-state index is 5.80. The highest BCUT2D eigenvalue weighted by molar-refractivity contribution is 5.53. The molecule has 5 nitrogen and oxygen atoms in total. The number of ether oxygens (including phenoxy) is 3. The van der Waals surface area contributed by atoms with Crippen LogP contribution in [0.4, 0.5) is 0 Å². The Labute approximate surface area is 106 Å². The van der Waals surface area contributed by atoms with Crippen LogP contribution in [0.2, 0.25) is 0 Å². The first-order chi connectivity index (χ1) is 8.74. The van der Waals surface area contributed by atoms with Crippen LogP contribution in [0.25, 0.3) is 0 Å². The highest BCUT2D eigenvalue weighted by Gasteiger charge is 2.42. The van der Waals surface area contributed by atoms with Gasteiger partial charge in [0.15, 0.2) is 0 Å². The molecular formula is C13H17NO4. The molecule has 2 heterocycles. The topological polar surface area (TPSA) is 40.2 Å². The summed E-state index contributed by atoms with van der Waals surface area (Å²) in [4.78, 5) is 5.58. The summed E-state index contributed by atoms with van der Waals surface area (Å²) in [6, 6.07) is 3.98. The molecule has 98 valence electrons. The molecule has 0 spiro atoms. The van der Waals surface area contributed by atoms with Crippen LogP contribution in [0.3, 0.4) is 0 Å². The fourth-order valence-corrected chi connectivity index (χ4v) is 2.71. The summed E-state index contributed by atoms with van der Waals surface area (Å²) < 4.78 is 16.5. The molecule has 1 aromatic carbocycles. The second-order valence-electron chi connectivity index (χ2n) is 4.60. The van der Waals surface area contributed by atoms with E-state index in [9.17, 15) is 0 Å². The average Bonchev–Trinajstić information content (AvgIpc) is 2.79. The van der Waals surface area contributed by atoms with Crippen molar-refractivity contribution < 1.29 is 19.0 Å². The zero-order valence-electron chi connectivity index (χ0n) is 10.8. The summed E-state index contributed by atoms with van der Waals surface area (Å²) in [7, 11) is 5.25. The van der Waals surface area contributed by atoms with Crippen molar-refractivity contribution in [1.29, 1.82) is 0 Å². The number of hydrogen-bond acceptors (Lipinski definition) is 5. The van der Waals surface area contributed by atoms with E-state index in [1.165, 1.54) is 0 Å². The van der Waals surface area contributed by atoms with Crippen molar-refractivity contribution in [3.8, 4) is 17.2 Å². The van der Waals surface area contributed by atoms with E-state index in [0.717, 1.165) is 22.8 Å². The molecule has 0 aliphatic carbocycles. The Morgan fingerprint density at radius 1 is 1.22 bits per heavy atom. The molecule has 0 bridgehead atoms. The molecule has 18 heavy (non-hydrogen) atoms. The van der Waals surface area contributed by atoms with E-state index < -0.39 is 0 Å². The predicted octanol–water partition coefficient (Wildman–Crippen LogP) is 1.63. The average molecular weight is 251 g/mol. The molecule has 0 unspecified atom stereocenters. The Hall–Kier alpha value is -1.46. The van der Waals surface area contributed by atoms with E-state index in [1.807, 2.05) is 24.2 Å². The highest BCUT2D eigenvalue weighted by atomic mass is 16.7. The lowest BCUT2D eigenvalue weighted by molar-refractivity contribution is -0.111. The molecule has 2 aliphatic rings. The smallest absolute Gasteiger partial charge is 0.131 e. The molecule has 0 aromatic heterocycles. The third-order valence-corrected chi connectivity index (χ3v) is 3.61. The van der Waals surface area contributed by atoms with Crippen LogP contribution in [0, 0.1) is 5.92 Å². The second kappa shape index (κ2) is 4.33. The first kappa shape index (κ1) is 11.6. The molecule has 0 N–H and O–H groups in total. The van der Waals surface area contributed by atoms with E-state index in [0.29, 0.717) is 19.1 Å². The summed E-state index contributed by atoms with van der Waals surface area (Å²) in [5.74, 6) is 2.71. The minimum atomic E-state index is 0.189. The van der Waals surface area contributed by atoms with Crippen LogP contribution < -0.4 is 14.2 Å². The van der Waals surface area contributed by atoms with Gasteiger partial charge in [-0.05, 0) is 0 Å². The van der Waals surface area contributed by atoms with Crippen molar-refractivity contribution in [2.45, 2.75) is 6.04 Å². The first-order valence-electron chi connectivity index (χ1n) is 5.99. The zero-order valence-corrected chi connectivity index (χ0v) is 10.8. The minimum absolute atomic E-state index is 0.189. The van der Waals surface area contributed by atoms with Gasteiger partial charge in [0.05, 0.1) is 39.0 Å². The second-order valence-corrected chi connectivity index (χ2v) is 4.60. The number of methoxy groups -OCH3 is 2. The third-order valence-electron chi connectivity index (χ3n) is 3.61. The molecule has 3 rings (SSSR count). The van der Waals surface area contributed by atoms with Crippen molar-refractivity contribution in [2.75, 3.05) is 34.5 Å². The fourth-order valence-electron chi connectivity index (χ4n) is 2.71. The van der Waals surface area contributed by atoms with Gasteiger partial charge in [-0.25, -0.2) is 0 Å². The van der Waals surface area contributed by atoms with Gasteiger partial charge in [-0.1, -0.05) is 0 Å². The molecule has 1 aromatic rings. The SMILES string of the molecule is COc1cc(OC)c2c(c1)OC[C@@H]1CON(C)[C@H]21. The van der Waals surface area contributed by atoms with Crippen LogP contribution in [0.5, 0.6) is 17.2 Å². The Balaban J connectivity index is 2.11. The van der Waals surface area contributed by atoms with Crippen molar-refractivity contribution in [2.24, 2.45) is 5.92 Å². The quantitative estimate of drug-likeness (QED) is 0.799. The number of benzene rings is 1. The number of fused-ring (bicyclic) bond motifs is 3. The van der Waals surface area contributed by atoms with E-state index in [2.05, 4.69) is 0 Å². The standard InChI is InChI=1S/C13H17NO4/c1-14-13-8(7-18-14)6-17-11-5-9(15-2)4-10(16-3)12(11)13/h4-5,8,13H,6-7H2,1-3H3/t8-,13+/m1/s1. The predicted molar refractivity (Wildman–Crippen MR) is 65.0 cm³/mol. The maximum absolute atomic E-state index is 5.80. The number of hydroxylamine groups is 2. The maximum Gasteiger partial charge on any atom is 0.131 e. The normalized spacial score (nSPS) is 26.2. The van der Waals surface area contributed by atoms with Gasteiger partial charge in [0, 0.05) is 25.1 Å². The molecule has 0 amide bonds. The molecular weight excluding hydrogens is 234 g/mol. The Morgan fingerprint density at radius 3 is 2.78 bits per heavy atom. The van der Waals surface area contributed by atoms with Gasteiger partial charge >= 0.3 is 0 Å². The van der Waals surface area contributed by atoms with Gasteiger partial charge in [-0.3, -0.25) is 4.84 Å². The molecule has 0 radical (unpaired) electrons. The highest BCUT2D eigenvalue weighted by Crippen LogP contribution is 2.48. The third kappa shape index (κ3) is 1.62. The molecule has 1 fully saturated rings. The van der Waals surface area contributed by atoms with E-state index in [4.69, 9.17) is 19.0 Å². The van der Waals surface area contributed by atoms with Gasteiger partial charge in [0.2, 0.25) is 0 Å². The van der Waals surface area contributed by atoms with Crippen molar-refractivity contribution in [3.05, 3.63) is 17.7 Å². The van der Waals surface area contributed by atoms with Crippen LogP contribution in [-0.4, -0.2) is 39.5 Å². The van der Waals surface area contributed by atoms with Gasteiger partial charge in [0.1, 0.15) is 17.2 Å². The number of nitrogens with zero attached hydrogens (tertiary/aromatic N) is 1. The Bertz CT molecular complexity index is 445. The van der Waals surface area contributed by atoms with Crippen LogP contribution >= 0.6 is 0 Å². The van der Waals surface area contributed by atoms with Gasteiger partial charge in [0.25, 0.3) is 0 Å². The Kier molecular flexibility index (Phi) is 2.80. The molecule has 5 heteroatoms. The fraction of sp³-hybridized carbons (Fsp3) is 0.538. The van der Waals surface area contributed by atoms with Gasteiger partial charge in [-0.2, -0.15) is 5.06 Å². The van der Waals surface area contributed by atoms with Crippen molar-refractivity contribution in [3.63, 3.8) is 0 Å². The largest absolute Gasteiger partial charge is 0.496 e. The van der Waals surface area contributed by atoms with Gasteiger partial charge in [-0.15, -0.1) is 0 Å². The Morgan fingerprint density at radius 2 is 2.06 bits per heavy atom. The minimum Gasteiger partial charge on any atom is -0.496 e. The summed E-state index contributed by atoms with van der Waals surface area (Å²) in [5.41, 5.74) is 1.05. The summed E-state index contributed by atoms with van der Waals surface area (Å²) in [5, 5.41) is 1.89. The van der Waals surface area contributed by atoms with Crippen molar-refractivity contribution in [1.82, 2.24) is 5.06 Å². The molecule has 2 atom stereocenters. The van der Waals surface area contributed by atoms with E-state index in [-0.39, 0.29) is 6.04 Å². The van der Waals surface area contributed by atoms with Crippen molar-refractivity contribution >= 4 is 0 Å². The van der Waals surface area contributed by atoms with E-state index >= 15 is 0 Å². The molecule has 2 aliphatic heterocycles. The lowest BCUT2D eigenvalue weighted by atomic mass is 9.91. The molecule has 1 saturated heterocycles. The van der Waals surface area contributed by atoms with E-state index in [1.54, 1.807) is 14.2 Å². The first-order valence-corrected chi connectivity index (χ1v) is 5.99.